The lowest BCUT2D eigenvalue weighted by Gasteiger charge is -2.14. The lowest BCUT2D eigenvalue weighted by Crippen LogP contribution is -2.10. The van der Waals surface area contributed by atoms with Crippen molar-refractivity contribution >= 4 is 0 Å². The quantitative estimate of drug-likeness (QED) is 0.867. The van der Waals surface area contributed by atoms with E-state index in [1.807, 2.05) is 0 Å². The summed E-state index contributed by atoms with van der Waals surface area (Å²) in [5.41, 5.74) is -0.923. The second-order valence-corrected chi connectivity index (χ2v) is 3.91. The van der Waals surface area contributed by atoms with Gasteiger partial charge in [-0.25, -0.2) is 0 Å². The summed E-state index contributed by atoms with van der Waals surface area (Å²) in [6, 6.07) is 3.25. The van der Waals surface area contributed by atoms with Gasteiger partial charge in [-0.1, -0.05) is 6.07 Å². The Hall–Kier alpha value is -1.39. The van der Waals surface area contributed by atoms with Crippen molar-refractivity contribution in [3.8, 4) is 11.5 Å². The fraction of sp³-hybridized carbons (Fsp3) is 0.455. The van der Waals surface area contributed by atoms with Gasteiger partial charge in [-0.3, -0.25) is 0 Å². The van der Waals surface area contributed by atoms with E-state index in [-0.39, 0.29) is 6.61 Å². The molecule has 1 fully saturated rings. The Bertz CT molecular complexity index is 383. The SMILES string of the molecule is Oc1cccc(C(F)(F)F)c1OCC1CC1. The third-order valence-corrected chi connectivity index (χ3v) is 2.46. The van der Waals surface area contributed by atoms with Crippen LogP contribution in [-0.2, 0) is 6.18 Å². The van der Waals surface area contributed by atoms with Crippen LogP contribution in [-0.4, -0.2) is 11.7 Å². The topological polar surface area (TPSA) is 29.5 Å². The first kappa shape index (κ1) is 11.1. The van der Waals surface area contributed by atoms with Gasteiger partial charge in [0, 0.05) is 0 Å². The van der Waals surface area contributed by atoms with Crippen molar-refractivity contribution in [3.05, 3.63) is 23.8 Å². The van der Waals surface area contributed by atoms with Crippen LogP contribution in [0.4, 0.5) is 13.2 Å². The van der Waals surface area contributed by atoms with E-state index in [0.29, 0.717) is 5.92 Å². The Morgan fingerprint density at radius 2 is 2.00 bits per heavy atom. The van der Waals surface area contributed by atoms with Crippen molar-refractivity contribution < 1.29 is 23.0 Å². The number of hydrogen-bond donors (Lipinski definition) is 1. The van der Waals surface area contributed by atoms with E-state index in [1.54, 1.807) is 0 Å². The highest BCUT2D eigenvalue weighted by Gasteiger charge is 2.36. The number of benzene rings is 1. The molecule has 0 bridgehead atoms. The van der Waals surface area contributed by atoms with E-state index < -0.39 is 23.2 Å². The molecule has 0 atom stereocenters. The Morgan fingerprint density at radius 3 is 2.56 bits per heavy atom. The minimum Gasteiger partial charge on any atom is -0.504 e. The molecule has 5 heteroatoms. The minimum absolute atomic E-state index is 0.237. The zero-order chi connectivity index (χ0) is 11.8. The molecule has 0 aromatic heterocycles. The van der Waals surface area contributed by atoms with E-state index in [4.69, 9.17) is 4.74 Å². The number of ether oxygens (including phenoxy) is 1. The van der Waals surface area contributed by atoms with Gasteiger partial charge in [0.25, 0.3) is 0 Å². The number of phenols is 1. The van der Waals surface area contributed by atoms with Gasteiger partial charge in [-0.05, 0) is 30.9 Å². The van der Waals surface area contributed by atoms with Crippen LogP contribution >= 0.6 is 0 Å². The van der Waals surface area contributed by atoms with E-state index in [9.17, 15) is 18.3 Å². The van der Waals surface area contributed by atoms with Crippen LogP contribution in [0.3, 0.4) is 0 Å². The molecule has 88 valence electrons. The molecule has 1 N–H and O–H groups in total. The lowest BCUT2D eigenvalue weighted by molar-refractivity contribution is -0.139. The van der Waals surface area contributed by atoms with Crippen LogP contribution in [0.2, 0.25) is 0 Å². The first-order valence-electron chi connectivity index (χ1n) is 5.00. The molecule has 0 saturated heterocycles. The van der Waals surface area contributed by atoms with Gasteiger partial charge in [-0.2, -0.15) is 13.2 Å². The zero-order valence-electron chi connectivity index (χ0n) is 8.42. The number of hydrogen-bond acceptors (Lipinski definition) is 2. The fourth-order valence-corrected chi connectivity index (χ4v) is 1.39. The van der Waals surface area contributed by atoms with Crippen molar-refractivity contribution in [1.29, 1.82) is 0 Å². The van der Waals surface area contributed by atoms with Crippen LogP contribution in [0.25, 0.3) is 0 Å². The number of phenolic OH excluding ortho intramolecular Hbond substituents is 1. The molecule has 1 aromatic carbocycles. The monoisotopic (exact) mass is 232 g/mol. The summed E-state index contributed by atoms with van der Waals surface area (Å²) in [6.07, 6.45) is -2.54. The first-order chi connectivity index (χ1) is 7.48. The van der Waals surface area contributed by atoms with Gasteiger partial charge in [0.1, 0.15) is 5.56 Å². The summed E-state index contributed by atoms with van der Waals surface area (Å²) in [7, 11) is 0. The molecule has 0 heterocycles. The molecule has 2 nitrogen and oxygen atoms in total. The maximum absolute atomic E-state index is 12.6. The molecular formula is C11H11F3O2. The summed E-state index contributed by atoms with van der Waals surface area (Å²) < 4.78 is 42.8. The molecule has 0 aliphatic heterocycles. The highest BCUT2D eigenvalue weighted by atomic mass is 19.4. The zero-order valence-corrected chi connectivity index (χ0v) is 8.42. The minimum atomic E-state index is -4.50. The number of rotatable bonds is 3. The Kier molecular flexibility index (Phi) is 2.69. The van der Waals surface area contributed by atoms with Crippen molar-refractivity contribution in [2.45, 2.75) is 19.0 Å². The normalized spacial score (nSPS) is 16.2. The highest BCUT2D eigenvalue weighted by Crippen LogP contribution is 2.42. The first-order valence-corrected chi connectivity index (χ1v) is 5.00. The summed E-state index contributed by atoms with van der Waals surface area (Å²) >= 11 is 0. The van der Waals surface area contributed by atoms with Crippen LogP contribution in [0.15, 0.2) is 18.2 Å². The average Bonchev–Trinajstić information content (AvgIpc) is 2.97. The molecule has 1 aliphatic carbocycles. The Balaban J connectivity index is 2.24. The molecule has 0 unspecified atom stereocenters. The molecule has 2 rings (SSSR count). The van der Waals surface area contributed by atoms with E-state index >= 15 is 0 Å². The average molecular weight is 232 g/mol. The molecular weight excluding hydrogens is 221 g/mol. The van der Waals surface area contributed by atoms with Gasteiger partial charge in [0.05, 0.1) is 6.61 Å². The van der Waals surface area contributed by atoms with Crippen molar-refractivity contribution in [2.75, 3.05) is 6.61 Å². The third-order valence-electron chi connectivity index (χ3n) is 2.46. The standard InChI is InChI=1S/C11H11F3O2/c12-11(13,14)8-2-1-3-9(15)10(8)16-6-7-4-5-7/h1-3,7,15H,4-6H2. The third kappa shape index (κ3) is 2.40. The summed E-state index contributed by atoms with van der Waals surface area (Å²) in [5, 5.41) is 9.36. The molecule has 1 aromatic rings. The molecule has 1 aliphatic rings. The summed E-state index contributed by atoms with van der Waals surface area (Å²) in [6.45, 7) is 0.237. The fourth-order valence-electron chi connectivity index (χ4n) is 1.39. The second-order valence-electron chi connectivity index (χ2n) is 3.91. The number of halogens is 3. The molecule has 0 spiro atoms. The number of alkyl halides is 3. The summed E-state index contributed by atoms with van der Waals surface area (Å²) in [5.74, 6) is -0.585. The van der Waals surface area contributed by atoms with Crippen molar-refractivity contribution in [2.24, 2.45) is 5.92 Å². The van der Waals surface area contributed by atoms with E-state index in [2.05, 4.69) is 0 Å². The molecule has 1 saturated carbocycles. The van der Waals surface area contributed by atoms with Gasteiger partial charge in [0.2, 0.25) is 0 Å². The van der Waals surface area contributed by atoms with Crippen molar-refractivity contribution in [3.63, 3.8) is 0 Å². The maximum atomic E-state index is 12.6. The largest absolute Gasteiger partial charge is 0.504 e. The van der Waals surface area contributed by atoms with Crippen molar-refractivity contribution in [1.82, 2.24) is 0 Å². The Labute approximate surface area is 90.7 Å². The smallest absolute Gasteiger partial charge is 0.420 e. The van der Waals surface area contributed by atoms with Crippen LogP contribution in [0.5, 0.6) is 11.5 Å². The van der Waals surface area contributed by atoms with Crippen LogP contribution in [0, 0.1) is 5.92 Å². The predicted octanol–water partition coefficient (Wildman–Crippen LogP) is 3.20. The number of para-hydroxylation sites is 1. The molecule has 16 heavy (non-hydrogen) atoms. The maximum Gasteiger partial charge on any atom is 0.420 e. The van der Waals surface area contributed by atoms with E-state index in [1.165, 1.54) is 6.07 Å². The highest BCUT2D eigenvalue weighted by molar-refractivity contribution is 5.47. The van der Waals surface area contributed by atoms with Crippen LogP contribution in [0.1, 0.15) is 18.4 Å². The number of aromatic hydroxyl groups is 1. The van der Waals surface area contributed by atoms with Crippen LogP contribution < -0.4 is 4.74 Å². The van der Waals surface area contributed by atoms with Gasteiger partial charge >= 0.3 is 6.18 Å². The molecule has 0 amide bonds. The second kappa shape index (κ2) is 3.88. The lowest BCUT2D eigenvalue weighted by atomic mass is 10.2. The van der Waals surface area contributed by atoms with Gasteiger partial charge in [-0.15, -0.1) is 0 Å². The van der Waals surface area contributed by atoms with Gasteiger partial charge < -0.3 is 9.84 Å². The summed E-state index contributed by atoms with van der Waals surface area (Å²) in [4.78, 5) is 0. The van der Waals surface area contributed by atoms with E-state index in [0.717, 1.165) is 25.0 Å². The predicted molar refractivity (Wildman–Crippen MR) is 51.3 cm³/mol. The molecule has 0 radical (unpaired) electrons. The Morgan fingerprint density at radius 1 is 1.31 bits per heavy atom. The van der Waals surface area contributed by atoms with Gasteiger partial charge in [0.15, 0.2) is 11.5 Å².